The molecule has 0 saturated heterocycles. The number of nitro benzene ring substituents is 1. The van der Waals surface area contributed by atoms with Crippen LogP contribution >= 0.6 is 15.9 Å². The van der Waals surface area contributed by atoms with Crippen molar-refractivity contribution in [2.75, 3.05) is 0 Å². The summed E-state index contributed by atoms with van der Waals surface area (Å²) in [5.74, 6) is 0. The van der Waals surface area contributed by atoms with Crippen LogP contribution in [0.5, 0.6) is 0 Å². The molecule has 0 bridgehead atoms. The lowest BCUT2D eigenvalue weighted by molar-refractivity contribution is -0.384. The fraction of sp³-hybridized carbons (Fsp3) is 0. The lowest BCUT2D eigenvalue weighted by Gasteiger charge is -1.98. The number of fused-ring (bicyclic) bond motifs is 1. The topological polar surface area (TPSA) is 88.9 Å². The maximum atomic E-state index is 11.3. The third kappa shape index (κ3) is 1.61. The highest BCUT2D eigenvalue weighted by molar-refractivity contribution is 9.10. The molecule has 0 aliphatic carbocycles. The first kappa shape index (κ1) is 9.78. The molecule has 0 amide bonds. The number of benzene rings is 1. The third-order valence-corrected chi connectivity index (χ3v) is 2.54. The standard InChI is InChI=1S/C8H4BrN3O3/c9-7-5-2-1-4(12(14)15)3-6(5)8(13)11-10-7/h1-3H,(H,11,13). The van der Waals surface area contributed by atoms with Crippen molar-refractivity contribution in [3.63, 3.8) is 0 Å². The van der Waals surface area contributed by atoms with Crippen LogP contribution in [0.25, 0.3) is 10.8 Å². The molecule has 0 unspecified atom stereocenters. The number of hydrogen-bond donors (Lipinski definition) is 1. The number of H-pyrrole nitrogens is 1. The molecule has 0 aliphatic rings. The molecule has 6 nitrogen and oxygen atoms in total. The summed E-state index contributed by atoms with van der Waals surface area (Å²) in [5, 5.41) is 17.2. The lowest BCUT2D eigenvalue weighted by atomic mass is 10.2. The fourth-order valence-corrected chi connectivity index (χ4v) is 1.67. The van der Waals surface area contributed by atoms with Crippen molar-refractivity contribution in [3.8, 4) is 0 Å². The number of nitrogens with one attached hydrogen (secondary N) is 1. The van der Waals surface area contributed by atoms with Crippen LogP contribution in [0.3, 0.4) is 0 Å². The van der Waals surface area contributed by atoms with E-state index < -0.39 is 10.5 Å². The minimum Gasteiger partial charge on any atom is -0.267 e. The summed E-state index contributed by atoms with van der Waals surface area (Å²) in [6.07, 6.45) is 0. The van der Waals surface area contributed by atoms with Crippen molar-refractivity contribution in [2.45, 2.75) is 0 Å². The number of aromatic nitrogens is 2. The normalized spacial score (nSPS) is 10.5. The van der Waals surface area contributed by atoms with Gasteiger partial charge in [0.05, 0.1) is 10.3 Å². The molecule has 0 radical (unpaired) electrons. The van der Waals surface area contributed by atoms with Gasteiger partial charge in [0.25, 0.3) is 11.2 Å². The number of non-ortho nitro benzene ring substituents is 1. The second-order valence-corrected chi connectivity index (χ2v) is 3.58. The molecule has 2 rings (SSSR count). The van der Waals surface area contributed by atoms with E-state index >= 15 is 0 Å². The Labute approximate surface area is 91.2 Å². The van der Waals surface area contributed by atoms with Gasteiger partial charge >= 0.3 is 0 Å². The van der Waals surface area contributed by atoms with Gasteiger partial charge in [-0.2, -0.15) is 5.10 Å². The highest BCUT2D eigenvalue weighted by atomic mass is 79.9. The Morgan fingerprint density at radius 3 is 2.80 bits per heavy atom. The number of halogens is 1. The van der Waals surface area contributed by atoms with Crippen LogP contribution < -0.4 is 5.56 Å². The van der Waals surface area contributed by atoms with Crippen LogP contribution in [0.4, 0.5) is 5.69 Å². The molecular weight excluding hydrogens is 266 g/mol. The molecule has 15 heavy (non-hydrogen) atoms. The third-order valence-electron chi connectivity index (χ3n) is 1.94. The number of rotatable bonds is 1. The quantitative estimate of drug-likeness (QED) is 0.629. The number of aromatic amines is 1. The van der Waals surface area contributed by atoms with Crippen LogP contribution in [0.2, 0.25) is 0 Å². The molecule has 76 valence electrons. The molecule has 1 aromatic carbocycles. The highest BCUT2D eigenvalue weighted by Crippen LogP contribution is 2.22. The molecule has 0 fully saturated rings. The number of nitrogens with zero attached hydrogens (tertiary/aromatic N) is 2. The van der Waals surface area contributed by atoms with E-state index in [2.05, 4.69) is 26.1 Å². The predicted octanol–water partition coefficient (Wildman–Crippen LogP) is 1.59. The van der Waals surface area contributed by atoms with Gasteiger partial charge in [0.1, 0.15) is 4.60 Å². The zero-order valence-electron chi connectivity index (χ0n) is 7.23. The first-order chi connectivity index (χ1) is 7.09. The van der Waals surface area contributed by atoms with E-state index in [0.717, 1.165) is 0 Å². The summed E-state index contributed by atoms with van der Waals surface area (Å²) >= 11 is 3.14. The Morgan fingerprint density at radius 1 is 1.40 bits per heavy atom. The molecule has 2 aromatic rings. The summed E-state index contributed by atoms with van der Waals surface area (Å²) in [5.41, 5.74) is -0.567. The second-order valence-electron chi connectivity index (χ2n) is 2.83. The van der Waals surface area contributed by atoms with Gasteiger partial charge in [-0.15, -0.1) is 0 Å². The molecule has 1 N–H and O–H groups in total. The molecule has 0 spiro atoms. The summed E-state index contributed by atoms with van der Waals surface area (Å²) in [6, 6.07) is 4.04. The molecular formula is C8H4BrN3O3. The molecule has 1 heterocycles. The van der Waals surface area contributed by atoms with Gasteiger partial charge in [-0.3, -0.25) is 14.9 Å². The monoisotopic (exact) mass is 269 g/mol. The van der Waals surface area contributed by atoms with Gasteiger partial charge in [-0.25, -0.2) is 5.10 Å². The van der Waals surface area contributed by atoms with E-state index in [4.69, 9.17) is 0 Å². The van der Waals surface area contributed by atoms with Crippen LogP contribution in [-0.4, -0.2) is 15.1 Å². The van der Waals surface area contributed by atoms with Gasteiger partial charge in [-0.05, 0) is 22.0 Å². The van der Waals surface area contributed by atoms with Crippen molar-refractivity contribution in [2.24, 2.45) is 0 Å². The first-order valence-corrected chi connectivity index (χ1v) is 4.71. The van der Waals surface area contributed by atoms with Crippen molar-refractivity contribution in [3.05, 3.63) is 43.3 Å². The van der Waals surface area contributed by atoms with Crippen molar-refractivity contribution in [1.82, 2.24) is 10.2 Å². The van der Waals surface area contributed by atoms with Gasteiger partial charge in [0.15, 0.2) is 0 Å². The average Bonchev–Trinajstić information content (AvgIpc) is 2.23. The minimum absolute atomic E-state index is 0.119. The Hall–Kier alpha value is -1.76. The smallest absolute Gasteiger partial charge is 0.267 e. The van der Waals surface area contributed by atoms with Gasteiger partial charge < -0.3 is 0 Å². The van der Waals surface area contributed by atoms with E-state index in [1.54, 1.807) is 0 Å². The molecule has 7 heteroatoms. The van der Waals surface area contributed by atoms with Crippen molar-refractivity contribution >= 4 is 32.4 Å². The lowest BCUT2D eigenvalue weighted by Crippen LogP contribution is -2.08. The van der Waals surface area contributed by atoms with Crippen LogP contribution in [-0.2, 0) is 0 Å². The molecule has 0 saturated carbocycles. The SMILES string of the molecule is O=c1[nH]nc(Br)c2ccc([N+](=O)[O-])cc12. The molecule has 0 atom stereocenters. The maximum Gasteiger partial charge on any atom is 0.272 e. The van der Waals surface area contributed by atoms with Crippen LogP contribution in [0.15, 0.2) is 27.6 Å². The van der Waals surface area contributed by atoms with Crippen molar-refractivity contribution < 1.29 is 4.92 Å². The number of nitro groups is 1. The first-order valence-electron chi connectivity index (χ1n) is 3.92. The summed E-state index contributed by atoms with van der Waals surface area (Å²) in [7, 11) is 0. The highest BCUT2D eigenvalue weighted by Gasteiger charge is 2.10. The minimum atomic E-state index is -0.548. The Morgan fingerprint density at radius 2 is 2.13 bits per heavy atom. The van der Waals surface area contributed by atoms with Crippen molar-refractivity contribution in [1.29, 1.82) is 0 Å². The zero-order valence-corrected chi connectivity index (χ0v) is 8.82. The summed E-state index contributed by atoms with van der Waals surface area (Å²) in [4.78, 5) is 21.3. The van der Waals surface area contributed by atoms with Gasteiger partial charge in [0.2, 0.25) is 0 Å². The summed E-state index contributed by atoms with van der Waals surface area (Å²) in [6.45, 7) is 0. The largest absolute Gasteiger partial charge is 0.272 e. The van der Waals surface area contributed by atoms with E-state index in [0.29, 0.717) is 9.99 Å². The van der Waals surface area contributed by atoms with Gasteiger partial charge in [-0.1, -0.05) is 0 Å². The second kappa shape index (κ2) is 3.43. The average molecular weight is 270 g/mol. The van der Waals surface area contributed by atoms with E-state index in [1.807, 2.05) is 0 Å². The Bertz CT molecular complexity index is 608. The van der Waals surface area contributed by atoms with E-state index in [9.17, 15) is 14.9 Å². The van der Waals surface area contributed by atoms with E-state index in [1.165, 1.54) is 18.2 Å². The number of hydrogen-bond acceptors (Lipinski definition) is 4. The van der Waals surface area contributed by atoms with Crippen LogP contribution in [0.1, 0.15) is 0 Å². The Kier molecular flexibility index (Phi) is 2.24. The fourth-order valence-electron chi connectivity index (χ4n) is 1.23. The predicted molar refractivity (Wildman–Crippen MR) is 56.7 cm³/mol. The zero-order chi connectivity index (χ0) is 11.0. The molecule has 1 aromatic heterocycles. The Balaban J connectivity index is 2.87. The van der Waals surface area contributed by atoms with Gasteiger partial charge in [0, 0.05) is 17.5 Å². The van der Waals surface area contributed by atoms with E-state index in [-0.39, 0.29) is 11.1 Å². The molecule has 0 aliphatic heterocycles. The summed E-state index contributed by atoms with van der Waals surface area (Å²) < 4.78 is 0.451. The maximum absolute atomic E-state index is 11.3. The van der Waals surface area contributed by atoms with Crippen LogP contribution in [0, 0.1) is 10.1 Å².